The van der Waals surface area contributed by atoms with Crippen LogP contribution in [-0.2, 0) is 14.4 Å². The second kappa shape index (κ2) is 7.58. The van der Waals surface area contributed by atoms with Gasteiger partial charge >= 0.3 is 12.1 Å². The minimum Gasteiger partial charge on any atom is -0.450 e. The van der Waals surface area contributed by atoms with Crippen molar-refractivity contribution in [2.45, 2.75) is 19.8 Å². The average molecular weight is 334 g/mol. The molecule has 0 fully saturated rings. The molecule has 1 aliphatic rings. The topological polar surface area (TPSA) is 93.2 Å². The van der Waals surface area contributed by atoms with Gasteiger partial charge < -0.3 is 14.5 Å². The van der Waals surface area contributed by atoms with Crippen molar-refractivity contribution in [1.82, 2.24) is 9.96 Å². The zero-order valence-corrected chi connectivity index (χ0v) is 13.5. The zero-order chi connectivity index (χ0) is 17.7. The fraction of sp³-hybridized carbons (Fsp3) is 0.375. The molecule has 128 valence electrons. The van der Waals surface area contributed by atoms with E-state index in [2.05, 4.69) is 0 Å². The summed E-state index contributed by atoms with van der Waals surface area (Å²) in [4.78, 5) is 53.5. The first-order valence-electron chi connectivity index (χ1n) is 7.52. The van der Waals surface area contributed by atoms with Crippen molar-refractivity contribution in [1.29, 1.82) is 0 Å². The van der Waals surface area contributed by atoms with E-state index < -0.39 is 23.9 Å². The fourth-order valence-electron chi connectivity index (χ4n) is 2.18. The lowest BCUT2D eigenvalue weighted by Gasteiger charge is -2.16. The fourth-order valence-corrected chi connectivity index (χ4v) is 2.18. The Hall–Kier alpha value is -2.90. The van der Waals surface area contributed by atoms with Crippen LogP contribution in [0.4, 0.5) is 4.79 Å². The summed E-state index contributed by atoms with van der Waals surface area (Å²) in [7, 11) is 1.55. The van der Waals surface area contributed by atoms with Crippen LogP contribution in [0.25, 0.3) is 0 Å². The zero-order valence-electron chi connectivity index (χ0n) is 13.5. The molecule has 2 rings (SSSR count). The summed E-state index contributed by atoms with van der Waals surface area (Å²) in [6, 6.07) is 6.25. The Bertz CT molecular complexity index is 637. The quantitative estimate of drug-likeness (QED) is 0.734. The van der Waals surface area contributed by atoms with E-state index in [0.29, 0.717) is 11.5 Å². The molecule has 0 saturated carbocycles. The Labute approximate surface area is 138 Å². The predicted molar refractivity (Wildman–Crippen MR) is 81.9 cm³/mol. The lowest BCUT2D eigenvalue weighted by Crippen LogP contribution is -2.33. The molecule has 0 atom stereocenters. The maximum absolute atomic E-state index is 12.0. The maximum atomic E-state index is 12.0. The number of amides is 3. The Morgan fingerprint density at radius 3 is 2.25 bits per heavy atom. The number of hydrogen-bond donors (Lipinski definition) is 0. The van der Waals surface area contributed by atoms with E-state index in [1.807, 2.05) is 0 Å². The maximum Gasteiger partial charge on any atom is 0.409 e. The number of hydrogen-bond acceptors (Lipinski definition) is 6. The normalized spacial score (nSPS) is 12.8. The predicted octanol–water partition coefficient (Wildman–Crippen LogP) is 1.61. The lowest BCUT2D eigenvalue weighted by atomic mass is 10.1. The van der Waals surface area contributed by atoms with Gasteiger partial charge in [-0.15, -0.1) is 0 Å². The summed E-state index contributed by atoms with van der Waals surface area (Å²) < 4.78 is 4.81. The molecule has 3 amide bonds. The van der Waals surface area contributed by atoms with Gasteiger partial charge in [-0.2, -0.15) is 0 Å². The molecule has 0 radical (unpaired) electrons. The van der Waals surface area contributed by atoms with Crippen molar-refractivity contribution >= 4 is 23.9 Å². The Kier molecular flexibility index (Phi) is 5.51. The van der Waals surface area contributed by atoms with E-state index >= 15 is 0 Å². The third-order valence-corrected chi connectivity index (χ3v) is 3.40. The van der Waals surface area contributed by atoms with Gasteiger partial charge in [-0.1, -0.05) is 17.2 Å². The molecule has 8 heteroatoms. The molecule has 0 aliphatic carbocycles. The summed E-state index contributed by atoms with van der Waals surface area (Å²) in [5.41, 5.74) is 0.412. The second-order valence-electron chi connectivity index (χ2n) is 5.14. The number of benzene rings is 1. The number of ether oxygens (including phenoxy) is 1. The first-order chi connectivity index (χ1) is 11.5. The minimum atomic E-state index is -0.721. The summed E-state index contributed by atoms with van der Waals surface area (Å²) in [5.74, 6) is -2.04. The van der Waals surface area contributed by atoms with Crippen LogP contribution >= 0.6 is 0 Å². The molecule has 0 aromatic heterocycles. The number of carbonyl (C=O) groups is 4. The van der Waals surface area contributed by atoms with Crippen molar-refractivity contribution in [2.24, 2.45) is 0 Å². The largest absolute Gasteiger partial charge is 0.450 e. The lowest BCUT2D eigenvalue weighted by molar-refractivity contribution is -0.168. The van der Waals surface area contributed by atoms with Crippen LogP contribution in [0.5, 0.6) is 0 Å². The molecule has 24 heavy (non-hydrogen) atoms. The molecule has 1 aromatic rings. The highest BCUT2D eigenvalue weighted by Crippen LogP contribution is 2.22. The molecular formula is C16H18N2O6. The molecular weight excluding hydrogens is 316 g/mol. The van der Waals surface area contributed by atoms with Crippen LogP contribution in [0.3, 0.4) is 0 Å². The second-order valence-corrected chi connectivity index (χ2v) is 5.14. The van der Waals surface area contributed by atoms with E-state index in [-0.39, 0.29) is 30.7 Å². The van der Waals surface area contributed by atoms with E-state index in [1.54, 1.807) is 26.1 Å². The van der Waals surface area contributed by atoms with Crippen LogP contribution in [0.2, 0.25) is 0 Å². The summed E-state index contributed by atoms with van der Waals surface area (Å²) >= 11 is 0. The third-order valence-electron chi connectivity index (χ3n) is 3.40. The van der Waals surface area contributed by atoms with Gasteiger partial charge in [0.05, 0.1) is 17.7 Å². The van der Waals surface area contributed by atoms with Gasteiger partial charge in [0.1, 0.15) is 0 Å². The number of hydroxylamine groups is 2. The van der Waals surface area contributed by atoms with Gasteiger partial charge in [0.25, 0.3) is 11.8 Å². The highest BCUT2D eigenvalue weighted by molar-refractivity contribution is 6.20. The molecule has 1 aromatic carbocycles. The van der Waals surface area contributed by atoms with Crippen LogP contribution in [0.15, 0.2) is 24.3 Å². The number of nitrogens with zero attached hydrogens (tertiary/aromatic N) is 2. The van der Waals surface area contributed by atoms with Gasteiger partial charge in [-0.3, -0.25) is 9.59 Å². The van der Waals surface area contributed by atoms with Crippen molar-refractivity contribution < 1.29 is 28.8 Å². The SMILES string of the molecule is CCOC(=O)N(C)CCCC(=O)ON1C(=O)c2ccccc2C1=O. The molecule has 8 nitrogen and oxygen atoms in total. The van der Waals surface area contributed by atoms with Crippen molar-refractivity contribution in [2.75, 3.05) is 20.2 Å². The van der Waals surface area contributed by atoms with Gasteiger partial charge in [-0.05, 0) is 25.5 Å². The highest BCUT2D eigenvalue weighted by atomic mass is 16.7. The molecule has 0 N–H and O–H groups in total. The van der Waals surface area contributed by atoms with Gasteiger partial charge in [0.15, 0.2) is 0 Å². The van der Waals surface area contributed by atoms with Crippen LogP contribution in [0.1, 0.15) is 40.5 Å². The summed E-state index contributed by atoms with van der Waals surface area (Å²) in [6.45, 7) is 2.26. The molecule has 0 saturated heterocycles. The Morgan fingerprint density at radius 1 is 1.12 bits per heavy atom. The Balaban J connectivity index is 1.83. The average Bonchev–Trinajstić information content (AvgIpc) is 2.80. The van der Waals surface area contributed by atoms with Crippen molar-refractivity contribution in [3.8, 4) is 0 Å². The van der Waals surface area contributed by atoms with Crippen LogP contribution in [-0.4, -0.2) is 54.0 Å². The molecule has 1 aliphatic heterocycles. The molecule has 1 heterocycles. The molecule has 0 bridgehead atoms. The Morgan fingerprint density at radius 2 is 1.71 bits per heavy atom. The number of carbonyl (C=O) groups excluding carboxylic acids is 4. The van der Waals surface area contributed by atoms with E-state index in [9.17, 15) is 19.2 Å². The van der Waals surface area contributed by atoms with Gasteiger partial charge in [-0.25, -0.2) is 9.59 Å². The van der Waals surface area contributed by atoms with Crippen molar-refractivity contribution in [3.63, 3.8) is 0 Å². The van der Waals surface area contributed by atoms with E-state index in [1.165, 1.54) is 17.0 Å². The van der Waals surface area contributed by atoms with Crippen molar-refractivity contribution in [3.05, 3.63) is 35.4 Å². The number of fused-ring (bicyclic) bond motifs is 1. The van der Waals surface area contributed by atoms with Crippen LogP contribution in [0, 0.1) is 0 Å². The smallest absolute Gasteiger partial charge is 0.409 e. The number of imide groups is 1. The highest BCUT2D eigenvalue weighted by Gasteiger charge is 2.38. The standard InChI is InChI=1S/C16H18N2O6/c1-3-23-16(22)17(2)10-6-9-13(19)24-18-14(20)11-7-4-5-8-12(11)15(18)21/h4-5,7-8H,3,6,9-10H2,1-2H3. The van der Waals surface area contributed by atoms with Gasteiger partial charge in [0, 0.05) is 20.0 Å². The summed E-state index contributed by atoms with van der Waals surface area (Å²) in [6.07, 6.45) is -0.208. The molecule has 0 spiro atoms. The van der Waals surface area contributed by atoms with Crippen LogP contribution < -0.4 is 0 Å². The number of rotatable bonds is 6. The monoisotopic (exact) mass is 334 g/mol. The summed E-state index contributed by atoms with van der Waals surface area (Å²) in [5, 5.41) is 0.474. The minimum absolute atomic E-state index is 0.0445. The van der Waals surface area contributed by atoms with E-state index in [4.69, 9.17) is 9.57 Å². The van der Waals surface area contributed by atoms with E-state index in [0.717, 1.165) is 0 Å². The third kappa shape index (κ3) is 3.70. The molecule has 0 unspecified atom stereocenters. The first kappa shape index (κ1) is 17.5. The first-order valence-corrected chi connectivity index (χ1v) is 7.52. The van der Waals surface area contributed by atoms with Gasteiger partial charge in [0.2, 0.25) is 0 Å².